The molecule has 0 spiro atoms. The maximum Gasteiger partial charge on any atom is 0.308 e. The molecule has 1 atom stereocenters. The van der Waals surface area contributed by atoms with Crippen molar-refractivity contribution in [3.8, 4) is 5.75 Å². The first kappa shape index (κ1) is 22.2. The molecule has 1 heterocycles. The molecular weight excluding hydrogens is 474 g/mol. The van der Waals surface area contributed by atoms with Gasteiger partial charge in [0.1, 0.15) is 5.75 Å². The maximum atomic E-state index is 12.4. The third-order valence-electron chi connectivity index (χ3n) is 4.41. The fourth-order valence-corrected chi connectivity index (χ4v) is 3.38. The van der Waals surface area contributed by atoms with Crippen LogP contribution in [0.3, 0.4) is 0 Å². The summed E-state index contributed by atoms with van der Waals surface area (Å²) in [5, 5.41) is 13.3. The molecule has 0 bridgehead atoms. The zero-order valence-electron chi connectivity index (χ0n) is 16.4. The number of amides is 2. The van der Waals surface area contributed by atoms with E-state index in [4.69, 9.17) is 9.47 Å². The van der Waals surface area contributed by atoms with Gasteiger partial charge in [-0.2, -0.15) is 0 Å². The Bertz CT molecular complexity index is 1040. The predicted molar refractivity (Wildman–Crippen MR) is 114 cm³/mol. The number of hydrogen-bond acceptors (Lipinski definition) is 7. The molecule has 1 aliphatic heterocycles. The molecule has 0 saturated carbocycles. The molecule has 0 aromatic heterocycles. The van der Waals surface area contributed by atoms with Crippen LogP contribution in [0.4, 0.5) is 17.1 Å². The Kier molecular flexibility index (Phi) is 6.85. The largest absolute Gasteiger partial charge is 0.479 e. The van der Waals surface area contributed by atoms with Gasteiger partial charge in [0.15, 0.2) is 12.7 Å². The number of halogens is 1. The minimum absolute atomic E-state index is 0.0812. The van der Waals surface area contributed by atoms with Gasteiger partial charge in [0.2, 0.25) is 0 Å². The van der Waals surface area contributed by atoms with Gasteiger partial charge in [0.25, 0.3) is 17.5 Å². The first-order valence-corrected chi connectivity index (χ1v) is 10.0. The van der Waals surface area contributed by atoms with Crippen molar-refractivity contribution in [2.45, 2.75) is 19.4 Å². The predicted octanol–water partition coefficient (Wildman–Crippen LogP) is 3.04. The van der Waals surface area contributed by atoms with E-state index < -0.39 is 29.5 Å². The first-order valence-electron chi connectivity index (χ1n) is 9.22. The van der Waals surface area contributed by atoms with Crippen LogP contribution < -0.4 is 15.0 Å². The summed E-state index contributed by atoms with van der Waals surface area (Å²) in [6, 6.07) is 10.9. The lowest BCUT2D eigenvalue weighted by Crippen LogP contribution is -2.45. The summed E-state index contributed by atoms with van der Waals surface area (Å²) < 4.78 is 10.8. The van der Waals surface area contributed by atoms with Gasteiger partial charge in [0.05, 0.1) is 22.7 Å². The van der Waals surface area contributed by atoms with E-state index in [0.717, 1.165) is 0 Å². The summed E-state index contributed by atoms with van der Waals surface area (Å²) in [5.41, 5.74) is 0.736. The van der Waals surface area contributed by atoms with Crippen molar-refractivity contribution in [1.82, 2.24) is 0 Å². The van der Waals surface area contributed by atoms with Gasteiger partial charge in [-0.1, -0.05) is 12.1 Å². The van der Waals surface area contributed by atoms with Gasteiger partial charge in [-0.15, -0.1) is 0 Å². The highest BCUT2D eigenvalue weighted by molar-refractivity contribution is 9.10. The Balaban J connectivity index is 1.51. The van der Waals surface area contributed by atoms with E-state index in [-0.39, 0.29) is 24.6 Å². The highest BCUT2D eigenvalue weighted by Gasteiger charge is 2.31. The molecule has 1 unspecified atom stereocenters. The van der Waals surface area contributed by atoms with Gasteiger partial charge in [-0.05, 0) is 41.1 Å². The number of nitro groups is 1. The van der Waals surface area contributed by atoms with Gasteiger partial charge < -0.3 is 19.7 Å². The molecule has 1 aliphatic rings. The van der Waals surface area contributed by atoms with Crippen molar-refractivity contribution in [2.75, 3.05) is 23.4 Å². The fraction of sp³-hybridized carbons (Fsp3) is 0.250. The minimum Gasteiger partial charge on any atom is -0.479 e. The molecule has 162 valence electrons. The normalized spacial score (nSPS) is 15.0. The topological polar surface area (TPSA) is 128 Å². The Morgan fingerprint density at radius 1 is 1.29 bits per heavy atom. The highest BCUT2D eigenvalue weighted by Crippen LogP contribution is 2.33. The second kappa shape index (κ2) is 9.56. The Morgan fingerprint density at radius 2 is 2.03 bits per heavy atom. The highest BCUT2D eigenvalue weighted by atomic mass is 79.9. The molecule has 0 radical (unpaired) electrons. The molecule has 10 nitrogen and oxygen atoms in total. The molecule has 11 heteroatoms. The lowest BCUT2D eigenvalue weighted by molar-refractivity contribution is -0.384. The van der Waals surface area contributed by atoms with Crippen LogP contribution in [-0.2, 0) is 19.1 Å². The summed E-state index contributed by atoms with van der Waals surface area (Å²) in [5.74, 6) is -0.977. The number of anilines is 2. The van der Waals surface area contributed by atoms with E-state index in [1.54, 1.807) is 31.2 Å². The van der Waals surface area contributed by atoms with Crippen molar-refractivity contribution in [3.05, 3.63) is 57.1 Å². The molecule has 0 fully saturated rings. The zero-order chi connectivity index (χ0) is 22.5. The number of rotatable bonds is 7. The number of ether oxygens (including phenoxy) is 2. The van der Waals surface area contributed by atoms with Gasteiger partial charge in [0, 0.05) is 23.2 Å². The Hall–Kier alpha value is -3.47. The lowest BCUT2D eigenvalue weighted by Gasteiger charge is -2.32. The summed E-state index contributed by atoms with van der Waals surface area (Å²) in [6.07, 6.45) is -0.779. The molecule has 3 rings (SSSR count). The van der Waals surface area contributed by atoms with Crippen LogP contribution in [-0.4, -0.2) is 42.0 Å². The van der Waals surface area contributed by atoms with E-state index in [2.05, 4.69) is 21.2 Å². The number of nitrogens with one attached hydrogen (secondary N) is 1. The summed E-state index contributed by atoms with van der Waals surface area (Å²) in [7, 11) is 0. The van der Waals surface area contributed by atoms with Gasteiger partial charge in [-0.3, -0.25) is 24.5 Å². The summed E-state index contributed by atoms with van der Waals surface area (Å²) in [4.78, 5) is 48.2. The number of non-ortho nitro benzene ring substituents is 1. The third-order valence-corrected chi connectivity index (χ3v) is 5.07. The van der Waals surface area contributed by atoms with Crippen LogP contribution in [0.15, 0.2) is 46.9 Å². The van der Waals surface area contributed by atoms with Crippen LogP contribution >= 0.6 is 15.9 Å². The number of carbonyl (C=O) groups excluding carboxylic acids is 3. The average Bonchev–Trinajstić information content (AvgIpc) is 2.74. The summed E-state index contributed by atoms with van der Waals surface area (Å²) in [6.45, 7) is 1.18. The molecule has 2 aromatic rings. The lowest BCUT2D eigenvalue weighted by atomic mass is 10.2. The molecule has 31 heavy (non-hydrogen) atoms. The number of para-hydroxylation sites is 2. The second-order valence-corrected chi connectivity index (χ2v) is 7.45. The average molecular weight is 492 g/mol. The number of nitro benzene ring substituents is 1. The second-order valence-electron chi connectivity index (χ2n) is 6.60. The maximum absolute atomic E-state index is 12.4. The third kappa shape index (κ3) is 5.37. The van der Waals surface area contributed by atoms with Crippen LogP contribution in [0.5, 0.6) is 5.75 Å². The van der Waals surface area contributed by atoms with Crippen molar-refractivity contribution < 1.29 is 28.8 Å². The van der Waals surface area contributed by atoms with E-state index in [1.165, 1.54) is 23.1 Å². The smallest absolute Gasteiger partial charge is 0.308 e. The van der Waals surface area contributed by atoms with E-state index in [1.807, 2.05) is 0 Å². The van der Waals surface area contributed by atoms with E-state index in [0.29, 0.717) is 21.6 Å². The first-order chi connectivity index (χ1) is 14.8. The SMILES string of the molecule is CC1Oc2ccccc2N(CCC(=O)OCC(=O)Nc2ccc([N+](=O)[O-])cc2Br)C1=O. The molecule has 0 saturated heterocycles. The monoisotopic (exact) mass is 491 g/mol. The van der Waals surface area contributed by atoms with Crippen LogP contribution in [0.25, 0.3) is 0 Å². The Morgan fingerprint density at radius 3 is 2.74 bits per heavy atom. The van der Waals surface area contributed by atoms with Crippen molar-refractivity contribution >= 4 is 50.8 Å². The molecule has 1 N–H and O–H groups in total. The van der Waals surface area contributed by atoms with Crippen LogP contribution in [0.1, 0.15) is 13.3 Å². The van der Waals surface area contributed by atoms with Crippen LogP contribution in [0, 0.1) is 10.1 Å². The van der Waals surface area contributed by atoms with Crippen molar-refractivity contribution in [2.24, 2.45) is 0 Å². The minimum atomic E-state index is -0.670. The van der Waals surface area contributed by atoms with Crippen LogP contribution in [0.2, 0.25) is 0 Å². The number of nitrogens with zero attached hydrogens (tertiary/aromatic N) is 2. The van der Waals surface area contributed by atoms with E-state index in [9.17, 15) is 24.5 Å². The molecule has 2 amide bonds. The Labute approximate surface area is 185 Å². The van der Waals surface area contributed by atoms with Crippen molar-refractivity contribution in [3.63, 3.8) is 0 Å². The molecule has 0 aliphatic carbocycles. The number of esters is 1. The number of carbonyl (C=O) groups is 3. The van der Waals surface area contributed by atoms with E-state index >= 15 is 0 Å². The number of hydrogen-bond donors (Lipinski definition) is 1. The number of benzene rings is 2. The molecule has 2 aromatic carbocycles. The molecular formula is C20H18BrN3O7. The van der Waals surface area contributed by atoms with Gasteiger partial charge >= 0.3 is 5.97 Å². The van der Waals surface area contributed by atoms with Gasteiger partial charge in [-0.25, -0.2) is 0 Å². The quantitative estimate of drug-likeness (QED) is 0.358. The van der Waals surface area contributed by atoms with Crippen molar-refractivity contribution in [1.29, 1.82) is 0 Å². The number of fused-ring (bicyclic) bond motifs is 1. The standard InChI is InChI=1S/C20H18BrN3O7/c1-12-20(27)23(16-4-2-3-5-17(16)31-12)9-8-19(26)30-11-18(25)22-15-7-6-13(24(28)29)10-14(15)21/h2-7,10,12H,8-9,11H2,1H3,(H,22,25). The fourth-order valence-electron chi connectivity index (χ4n) is 2.92. The zero-order valence-corrected chi connectivity index (χ0v) is 18.0. The summed E-state index contributed by atoms with van der Waals surface area (Å²) >= 11 is 3.14.